The molecule has 1 aliphatic carbocycles. The summed E-state index contributed by atoms with van der Waals surface area (Å²) in [5, 5.41) is 7.51. The maximum atomic E-state index is 4.54. The number of hydrogen-bond acceptors (Lipinski definition) is 1. The monoisotopic (exact) mass is 686 g/mol. The van der Waals surface area contributed by atoms with Crippen LogP contribution in [0.3, 0.4) is 0 Å². The van der Waals surface area contributed by atoms with Gasteiger partial charge in [0.2, 0.25) is 0 Å². The number of fused-ring (bicyclic) bond motifs is 9. The van der Waals surface area contributed by atoms with Crippen molar-refractivity contribution >= 4 is 66.0 Å². The number of aromatic nitrogens is 1. The highest BCUT2D eigenvalue weighted by Gasteiger charge is 2.24. The van der Waals surface area contributed by atoms with E-state index in [0.717, 1.165) is 22.6 Å². The first-order valence-electron chi connectivity index (χ1n) is 18.5. The molecular weight excluding hydrogens is 653 g/mol. The summed E-state index contributed by atoms with van der Waals surface area (Å²) in [6.45, 7) is 4.54. The van der Waals surface area contributed by atoms with Crippen molar-refractivity contribution in [2.45, 2.75) is 0 Å². The summed E-state index contributed by atoms with van der Waals surface area (Å²) < 4.78 is 2.37. The van der Waals surface area contributed by atoms with Gasteiger partial charge in [0.1, 0.15) is 0 Å². The summed E-state index contributed by atoms with van der Waals surface area (Å²) in [5.41, 5.74) is 15.2. The molecule has 0 fully saturated rings. The number of nitrogens with zero attached hydrogens (tertiary/aromatic N) is 2. The molecule has 0 saturated heterocycles. The molecule has 0 amide bonds. The van der Waals surface area contributed by atoms with E-state index in [4.69, 9.17) is 0 Å². The van der Waals surface area contributed by atoms with Crippen LogP contribution in [0.1, 0.15) is 11.1 Å². The molecule has 11 rings (SSSR count). The minimum atomic E-state index is 1.08. The van der Waals surface area contributed by atoms with E-state index in [1.165, 1.54) is 82.4 Å². The van der Waals surface area contributed by atoms with Crippen molar-refractivity contribution in [1.82, 2.24) is 4.57 Å². The van der Waals surface area contributed by atoms with Gasteiger partial charge in [-0.15, -0.1) is 0 Å². The predicted molar refractivity (Wildman–Crippen MR) is 229 cm³/mol. The Bertz CT molecular complexity index is 3110. The van der Waals surface area contributed by atoms with Crippen LogP contribution in [0.5, 0.6) is 0 Å². The molecule has 0 bridgehead atoms. The fourth-order valence-corrected chi connectivity index (χ4v) is 8.68. The Labute approximate surface area is 314 Å². The standard InChI is InChI=1S/C52H34N2/c1-34-43-14-7-8-16-46(43)47-29-27-42(33-49(34)47)53(41-26-28-45-38(31-41)20-19-36-11-5-6-15-44(36)45)40-24-21-35(22-25-40)37-23-30-52-50(32-37)48-17-9-10-18-51(48)54(52)39-12-3-2-4-13-39/h2-33H,1H2. The normalized spacial score (nSPS) is 12.1. The van der Waals surface area contributed by atoms with Crippen molar-refractivity contribution in [3.05, 3.63) is 212 Å². The van der Waals surface area contributed by atoms with Gasteiger partial charge < -0.3 is 9.47 Å². The topological polar surface area (TPSA) is 8.17 Å². The number of rotatable bonds is 5. The maximum absolute atomic E-state index is 4.54. The summed E-state index contributed by atoms with van der Waals surface area (Å²) in [7, 11) is 0. The molecule has 0 saturated carbocycles. The van der Waals surface area contributed by atoms with Crippen molar-refractivity contribution in [2.75, 3.05) is 4.90 Å². The SMILES string of the molecule is C=C1c2ccccc2-c2ccc(N(c3ccc(-c4ccc5c(c4)c4ccccc4n5-c4ccccc4)cc3)c3ccc4c(ccc5ccccc54)c3)cc21. The molecule has 54 heavy (non-hydrogen) atoms. The van der Waals surface area contributed by atoms with Crippen LogP contribution in [-0.2, 0) is 0 Å². The van der Waals surface area contributed by atoms with E-state index in [-0.39, 0.29) is 0 Å². The molecule has 252 valence electrons. The molecule has 0 atom stereocenters. The van der Waals surface area contributed by atoms with Crippen molar-refractivity contribution in [3.63, 3.8) is 0 Å². The second-order valence-electron chi connectivity index (χ2n) is 14.2. The van der Waals surface area contributed by atoms with Gasteiger partial charge in [0.25, 0.3) is 0 Å². The minimum Gasteiger partial charge on any atom is -0.310 e. The Morgan fingerprint density at radius 2 is 0.963 bits per heavy atom. The fraction of sp³-hybridized carbons (Fsp3) is 0. The van der Waals surface area contributed by atoms with Crippen LogP contribution in [-0.4, -0.2) is 4.57 Å². The van der Waals surface area contributed by atoms with Crippen LogP contribution >= 0.6 is 0 Å². The zero-order valence-corrected chi connectivity index (χ0v) is 29.6. The molecule has 9 aromatic carbocycles. The minimum absolute atomic E-state index is 1.08. The highest BCUT2D eigenvalue weighted by Crippen LogP contribution is 2.47. The summed E-state index contributed by atoms with van der Waals surface area (Å²) in [5.74, 6) is 0. The number of hydrogen-bond donors (Lipinski definition) is 0. The Morgan fingerprint density at radius 1 is 0.352 bits per heavy atom. The summed E-state index contributed by atoms with van der Waals surface area (Å²) in [4.78, 5) is 2.38. The molecule has 0 spiro atoms. The average Bonchev–Trinajstić information content (AvgIpc) is 3.72. The summed E-state index contributed by atoms with van der Waals surface area (Å²) >= 11 is 0. The van der Waals surface area contributed by atoms with Gasteiger partial charge in [-0.1, -0.05) is 134 Å². The van der Waals surface area contributed by atoms with E-state index in [0.29, 0.717) is 0 Å². The number of anilines is 3. The van der Waals surface area contributed by atoms with Crippen LogP contribution in [0.15, 0.2) is 201 Å². The van der Waals surface area contributed by atoms with Crippen LogP contribution < -0.4 is 4.90 Å². The van der Waals surface area contributed by atoms with Crippen LogP contribution in [0.25, 0.3) is 76.9 Å². The van der Waals surface area contributed by atoms with E-state index < -0.39 is 0 Å². The smallest absolute Gasteiger partial charge is 0.0541 e. The van der Waals surface area contributed by atoms with E-state index in [9.17, 15) is 0 Å². The third-order valence-electron chi connectivity index (χ3n) is 11.3. The van der Waals surface area contributed by atoms with Gasteiger partial charge in [-0.3, -0.25) is 0 Å². The Kier molecular flexibility index (Phi) is 6.74. The lowest BCUT2D eigenvalue weighted by atomic mass is 10.00. The van der Waals surface area contributed by atoms with Gasteiger partial charge in [0, 0.05) is 33.5 Å². The zero-order valence-electron chi connectivity index (χ0n) is 29.6. The van der Waals surface area contributed by atoms with E-state index >= 15 is 0 Å². The summed E-state index contributed by atoms with van der Waals surface area (Å²) in [6.07, 6.45) is 0. The van der Waals surface area contributed by atoms with Gasteiger partial charge >= 0.3 is 0 Å². The number of para-hydroxylation sites is 2. The first-order valence-corrected chi connectivity index (χ1v) is 18.5. The maximum Gasteiger partial charge on any atom is 0.0541 e. The molecular formula is C52H34N2. The van der Waals surface area contributed by atoms with Crippen molar-refractivity contribution < 1.29 is 0 Å². The van der Waals surface area contributed by atoms with Crippen LogP contribution in [0.4, 0.5) is 17.1 Å². The number of benzene rings is 9. The molecule has 10 aromatic rings. The lowest BCUT2D eigenvalue weighted by molar-refractivity contribution is 1.18. The molecule has 0 unspecified atom stereocenters. The second kappa shape index (κ2) is 11.9. The van der Waals surface area contributed by atoms with Crippen LogP contribution in [0.2, 0.25) is 0 Å². The lowest BCUT2D eigenvalue weighted by Gasteiger charge is -2.27. The van der Waals surface area contributed by atoms with E-state index in [2.05, 4.69) is 210 Å². The molecule has 1 heterocycles. The molecule has 1 aromatic heterocycles. The van der Waals surface area contributed by atoms with Gasteiger partial charge in [0.15, 0.2) is 0 Å². The molecule has 2 heteroatoms. The predicted octanol–water partition coefficient (Wildman–Crippen LogP) is 14.3. The van der Waals surface area contributed by atoms with E-state index in [1.807, 2.05) is 0 Å². The van der Waals surface area contributed by atoms with Gasteiger partial charge in [-0.2, -0.15) is 0 Å². The lowest BCUT2D eigenvalue weighted by Crippen LogP contribution is -2.10. The quantitative estimate of drug-likeness (QED) is 0.164. The largest absolute Gasteiger partial charge is 0.310 e. The average molecular weight is 687 g/mol. The first-order chi connectivity index (χ1) is 26.7. The van der Waals surface area contributed by atoms with Gasteiger partial charge in [-0.25, -0.2) is 0 Å². The third-order valence-corrected chi connectivity index (χ3v) is 11.3. The highest BCUT2D eigenvalue weighted by molar-refractivity contribution is 6.11. The summed E-state index contributed by atoms with van der Waals surface area (Å²) in [6, 6.07) is 70.6. The Balaban J connectivity index is 1.04. The van der Waals surface area contributed by atoms with E-state index in [1.54, 1.807) is 0 Å². The Hall–Kier alpha value is -7.16. The molecule has 0 radical (unpaired) electrons. The molecule has 2 nitrogen and oxygen atoms in total. The molecule has 0 N–H and O–H groups in total. The highest BCUT2D eigenvalue weighted by atomic mass is 15.1. The second-order valence-corrected chi connectivity index (χ2v) is 14.2. The van der Waals surface area contributed by atoms with Crippen LogP contribution in [0, 0.1) is 0 Å². The van der Waals surface area contributed by atoms with Gasteiger partial charge in [-0.05, 0) is 127 Å². The molecule has 0 aliphatic heterocycles. The third kappa shape index (κ3) is 4.67. The molecule has 1 aliphatic rings. The van der Waals surface area contributed by atoms with Crippen molar-refractivity contribution in [2.24, 2.45) is 0 Å². The van der Waals surface area contributed by atoms with Crippen molar-refractivity contribution in [1.29, 1.82) is 0 Å². The van der Waals surface area contributed by atoms with Crippen molar-refractivity contribution in [3.8, 4) is 27.9 Å². The first kappa shape index (κ1) is 30.5. The zero-order chi connectivity index (χ0) is 35.8. The fourth-order valence-electron chi connectivity index (χ4n) is 8.68. The van der Waals surface area contributed by atoms with Gasteiger partial charge in [0.05, 0.1) is 11.0 Å². The Morgan fingerprint density at radius 3 is 1.83 bits per heavy atom.